The summed E-state index contributed by atoms with van der Waals surface area (Å²) in [4.78, 5) is 24.8. The SMILES string of the molecule is CC1C2CCCCC2C2C(=O)C(=O)C3CCCC1C32. The highest BCUT2D eigenvalue weighted by molar-refractivity contribution is 6.41. The first-order valence-corrected chi connectivity index (χ1v) is 8.28. The van der Waals surface area contributed by atoms with Crippen molar-refractivity contribution in [2.45, 2.75) is 51.9 Å². The molecule has 7 atom stereocenters. The highest BCUT2D eigenvalue weighted by Crippen LogP contribution is 2.60. The zero-order valence-corrected chi connectivity index (χ0v) is 11.8. The molecule has 4 aliphatic carbocycles. The number of carbonyl (C=O) groups excluding carboxylic acids is 2. The lowest BCUT2D eigenvalue weighted by Crippen LogP contribution is -2.48. The largest absolute Gasteiger partial charge is 0.291 e. The van der Waals surface area contributed by atoms with Crippen LogP contribution in [0.2, 0.25) is 0 Å². The smallest absolute Gasteiger partial charge is 0.202 e. The molecular weight excluding hydrogens is 236 g/mol. The van der Waals surface area contributed by atoms with Gasteiger partial charge < -0.3 is 0 Å². The molecule has 19 heavy (non-hydrogen) atoms. The van der Waals surface area contributed by atoms with Crippen LogP contribution in [0.4, 0.5) is 0 Å². The molecular formula is C17H24O2. The zero-order valence-electron chi connectivity index (χ0n) is 11.8. The maximum absolute atomic E-state index is 12.5. The van der Waals surface area contributed by atoms with E-state index in [-0.39, 0.29) is 23.4 Å². The molecule has 0 aromatic carbocycles. The predicted molar refractivity (Wildman–Crippen MR) is 72.4 cm³/mol. The molecule has 0 N–H and O–H groups in total. The standard InChI is InChI=1S/C17H24O2/c1-9-10-5-2-3-6-12(10)15-14-11(9)7-4-8-13(14)16(18)17(15)19/h9-15H,2-8H2,1H3. The van der Waals surface area contributed by atoms with Gasteiger partial charge in [-0.2, -0.15) is 0 Å². The Hall–Kier alpha value is -0.660. The highest BCUT2D eigenvalue weighted by atomic mass is 16.2. The van der Waals surface area contributed by atoms with E-state index >= 15 is 0 Å². The van der Waals surface area contributed by atoms with Crippen LogP contribution in [0, 0.1) is 41.4 Å². The Labute approximate surface area is 115 Å². The fourth-order valence-electron chi connectivity index (χ4n) is 6.30. The van der Waals surface area contributed by atoms with Crippen LogP contribution < -0.4 is 0 Å². The van der Waals surface area contributed by atoms with Crippen molar-refractivity contribution >= 4 is 11.6 Å². The summed E-state index contributed by atoms with van der Waals surface area (Å²) in [6, 6.07) is 0. The van der Waals surface area contributed by atoms with Gasteiger partial charge in [-0.1, -0.05) is 26.2 Å². The Morgan fingerprint density at radius 1 is 0.789 bits per heavy atom. The first-order valence-electron chi connectivity index (χ1n) is 8.28. The summed E-state index contributed by atoms with van der Waals surface area (Å²) in [6.07, 6.45) is 8.54. The molecule has 0 radical (unpaired) electrons. The molecule has 4 aliphatic rings. The summed E-state index contributed by atoms with van der Waals surface area (Å²) in [5, 5.41) is 0. The molecule has 0 aromatic heterocycles. The van der Waals surface area contributed by atoms with Crippen molar-refractivity contribution in [1.82, 2.24) is 0 Å². The molecule has 0 aliphatic heterocycles. The molecule has 104 valence electrons. The number of hydrogen-bond acceptors (Lipinski definition) is 2. The third kappa shape index (κ3) is 1.49. The Morgan fingerprint density at radius 3 is 2.26 bits per heavy atom. The third-order valence-corrected chi connectivity index (χ3v) is 7.00. The van der Waals surface area contributed by atoms with Crippen LogP contribution >= 0.6 is 0 Å². The molecule has 4 saturated carbocycles. The Balaban J connectivity index is 1.77. The fraction of sp³-hybridized carbons (Fsp3) is 0.882. The van der Waals surface area contributed by atoms with Crippen LogP contribution in [0.5, 0.6) is 0 Å². The van der Waals surface area contributed by atoms with Gasteiger partial charge in [-0.05, 0) is 55.3 Å². The number of carbonyl (C=O) groups is 2. The van der Waals surface area contributed by atoms with Crippen molar-refractivity contribution < 1.29 is 9.59 Å². The second-order valence-corrected chi connectivity index (χ2v) is 7.50. The molecule has 2 heteroatoms. The van der Waals surface area contributed by atoms with Crippen LogP contribution in [-0.2, 0) is 9.59 Å². The van der Waals surface area contributed by atoms with Gasteiger partial charge in [-0.15, -0.1) is 0 Å². The first kappa shape index (κ1) is 12.1. The van der Waals surface area contributed by atoms with Crippen molar-refractivity contribution in [3.05, 3.63) is 0 Å². The minimum absolute atomic E-state index is 0.0122. The molecule has 4 rings (SSSR count). The monoisotopic (exact) mass is 260 g/mol. The number of hydrogen-bond donors (Lipinski definition) is 0. The van der Waals surface area contributed by atoms with Gasteiger partial charge in [0.15, 0.2) is 0 Å². The number of fused-ring (bicyclic) bond motifs is 2. The molecule has 0 saturated heterocycles. The minimum Gasteiger partial charge on any atom is -0.291 e. The van der Waals surface area contributed by atoms with Crippen LogP contribution in [0.1, 0.15) is 51.9 Å². The highest BCUT2D eigenvalue weighted by Gasteiger charge is 2.61. The van der Waals surface area contributed by atoms with Crippen LogP contribution in [-0.4, -0.2) is 11.6 Å². The number of Topliss-reactive ketones (excluding diaryl/α,β-unsaturated/α-hetero) is 2. The number of rotatable bonds is 0. The van der Waals surface area contributed by atoms with Gasteiger partial charge >= 0.3 is 0 Å². The summed E-state index contributed by atoms with van der Waals surface area (Å²) < 4.78 is 0. The molecule has 0 heterocycles. The molecule has 7 unspecified atom stereocenters. The predicted octanol–water partition coefficient (Wildman–Crippen LogP) is 3.24. The van der Waals surface area contributed by atoms with E-state index in [9.17, 15) is 9.59 Å². The van der Waals surface area contributed by atoms with E-state index in [2.05, 4.69) is 6.92 Å². The van der Waals surface area contributed by atoms with Gasteiger partial charge in [0.2, 0.25) is 11.6 Å². The average Bonchev–Trinajstić information content (AvgIpc) is 2.70. The number of ketones is 2. The lowest BCUT2D eigenvalue weighted by Gasteiger charge is -2.52. The van der Waals surface area contributed by atoms with E-state index in [4.69, 9.17) is 0 Å². The summed E-state index contributed by atoms with van der Waals surface area (Å²) >= 11 is 0. The van der Waals surface area contributed by atoms with E-state index in [1.165, 1.54) is 38.5 Å². The van der Waals surface area contributed by atoms with Crippen molar-refractivity contribution in [2.24, 2.45) is 41.4 Å². The second kappa shape index (κ2) is 4.17. The lowest BCUT2D eigenvalue weighted by molar-refractivity contribution is -0.139. The topological polar surface area (TPSA) is 34.1 Å². The summed E-state index contributed by atoms with van der Waals surface area (Å²) in [5.41, 5.74) is 0. The van der Waals surface area contributed by atoms with Gasteiger partial charge in [0.25, 0.3) is 0 Å². The van der Waals surface area contributed by atoms with Crippen molar-refractivity contribution in [2.75, 3.05) is 0 Å². The molecule has 4 fully saturated rings. The average molecular weight is 260 g/mol. The van der Waals surface area contributed by atoms with Gasteiger partial charge in [0, 0.05) is 11.8 Å². The molecule has 0 bridgehead atoms. The Morgan fingerprint density at radius 2 is 1.47 bits per heavy atom. The van der Waals surface area contributed by atoms with E-state index < -0.39 is 0 Å². The fourth-order valence-corrected chi connectivity index (χ4v) is 6.30. The molecule has 0 aromatic rings. The van der Waals surface area contributed by atoms with Crippen LogP contribution in [0.15, 0.2) is 0 Å². The summed E-state index contributed by atoms with van der Waals surface area (Å²) in [7, 11) is 0. The summed E-state index contributed by atoms with van der Waals surface area (Å²) in [6.45, 7) is 2.42. The quantitative estimate of drug-likeness (QED) is 0.627. The molecule has 0 spiro atoms. The van der Waals surface area contributed by atoms with E-state index in [1.54, 1.807) is 0 Å². The van der Waals surface area contributed by atoms with Gasteiger partial charge in [-0.25, -0.2) is 0 Å². The normalized spacial score (nSPS) is 52.8. The maximum Gasteiger partial charge on any atom is 0.202 e. The minimum atomic E-state index is 0.0122. The Kier molecular flexibility index (Phi) is 2.65. The lowest BCUT2D eigenvalue weighted by atomic mass is 9.51. The van der Waals surface area contributed by atoms with Crippen molar-refractivity contribution in [3.63, 3.8) is 0 Å². The van der Waals surface area contributed by atoms with E-state index in [0.29, 0.717) is 17.8 Å². The van der Waals surface area contributed by atoms with Gasteiger partial charge in [-0.3, -0.25) is 9.59 Å². The molecule has 0 amide bonds. The van der Waals surface area contributed by atoms with Crippen LogP contribution in [0.25, 0.3) is 0 Å². The zero-order chi connectivity index (χ0) is 13.1. The summed E-state index contributed by atoms with van der Waals surface area (Å²) in [5.74, 6) is 3.41. The maximum atomic E-state index is 12.5. The van der Waals surface area contributed by atoms with Crippen molar-refractivity contribution in [3.8, 4) is 0 Å². The van der Waals surface area contributed by atoms with Crippen LogP contribution in [0.3, 0.4) is 0 Å². The third-order valence-electron chi connectivity index (χ3n) is 7.00. The van der Waals surface area contributed by atoms with Crippen molar-refractivity contribution in [1.29, 1.82) is 0 Å². The molecule has 2 nitrogen and oxygen atoms in total. The van der Waals surface area contributed by atoms with E-state index in [0.717, 1.165) is 18.3 Å². The Bertz CT molecular complexity index is 427. The van der Waals surface area contributed by atoms with E-state index in [1.807, 2.05) is 0 Å². The van der Waals surface area contributed by atoms with Gasteiger partial charge in [0.05, 0.1) is 0 Å². The second-order valence-electron chi connectivity index (χ2n) is 7.50. The first-order chi connectivity index (χ1) is 9.20. The van der Waals surface area contributed by atoms with Gasteiger partial charge in [0.1, 0.15) is 0 Å².